The Kier molecular flexibility index (Phi) is 18.4. The van der Waals surface area contributed by atoms with Gasteiger partial charge >= 0.3 is 5.97 Å². The predicted molar refractivity (Wildman–Crippen MR) is 260 cm³/mol. The molecule has 0 amide bonds. The van der Waals surface area contributed by atoms with Gasteiger partial charge in [-0.3, -0.25) is 0 Å². The molecule has 0 spiro atoms. The first-order valence-corrected chi connectivity index (χ1v) is 20.0. The molecule has 0 aromatic heterocycles. The van der Waals surface area contributed by atoms with Crippen LogP contribution in [-0.2, 0) is 14.3 Å². The molecule has 0 saturated carbocycles. The lowest BCUT2D eigenvalue weighted by atomic mass is 9.99. The van der Waals surface area contributed by atoms with Gasteiger partial charge < -0.3 is 33.2 Å². The van der Waals surface area contributed by atoms with Crippen LogP contribution in [0, 0.1) is 0 Å². The molecule has 8 heteroatoms. The number of carbonyl (C=O) groups excluding carboxylic acids is 1. The Bertz CT molecular complexity index is 2460. The van der Waals surface area contributed by atoms with Crippen LogP contribution in [0.3, 0.4) is 0 Å². The van der Waals surface area contributed by atoms with E-state index in [1.54, 1.807) is 0 Å². The minimum absolute atomic E-state index is 0.0523. The Balaban J connectivity index is 0.000000290. The molecule has 0 bridgehead atoms. The molecule has 5 rings (SSSR count). The van der Waals surface area contributed by atoms with Gasteiger partial charge in [0.05, 0.1) is 0 Å². The van der Waals surface area contributed by atoms with Gasteiger partial charge in [0, 0.05) is 11.6 Å². The number of rotatable bonds is 21. The summed E-state index contributed by atoms with van der Waals surface area (Å²) in [5.74, 6) is 4.43. The first kappa shape index (κ1) is 48.4. The maximum Gasteiger partial charge on any atom is 0.335 e. The number of carbonyl (C=O) groups is 1. The molecule has 0 aliphatic heterocycles. The van der Waals surface area contributed by atoms with Crippen molar-refractivity contribution >= 4 is 5.97 Å². The van der Waals surface area contributed by atoms with Gasteiger partial charge in [0.15, 0.2) is 0 Å². The zero-order valence-corrected chi connectivity index (χ0v) is 36.9. The maximum absolute atomic E-state index is 10.9. The summed E-state index contributed by atoms with van der Waals surface area (Å²) in [7, 11) is 0. The van der Waals surface area contributed by atoms with E-state index in [4.69, 9.17) is 28.4 Å². The van der Waals surface area contributed by atoms with Gasteiger partial charge in [0.1, 0.15) is 77.2 Å². The average molecular weight is 855 g/mol. The molecule has 0 N–H and O–H groups in total. The highest BCUT2D eigenvalue weighted by Gasteiger charge is 2.13. The summed E-state index contributed by atoms with van der Waals surface area (Å²) in [5.41, 5.74) is 8.55. The minimum atomic E-state index is -0.548. The van der Waals surface area contributed by atoms with Crippen molar-refractivity contribution in [2.75, 3.05) is 0 Å². The van der Waals surface area contributed by atoms with Crippen LogP contribution in [0.4, 0.5) is 0 Å². The van der Waals surface area contributed by atoms with Crippen molar-refractivity contribution in [2.45, 2.75) is 33.8 Å². The van der Waals surface area contributed by atoms with Gasteiger partial charge in [-0.2, -0.15) is 0 Å². The number of esters is 1. The number of benzene rings is 5. The monoisotopic (exact) mass is 854 g/mol. The van der Waals surface area contributed by atoms with Gasteiger partial charge in [-0.1, -0.05) is 113 Å². The summed E-state index contributed by atoms with van der Waals surface area (Å²) >= 11 is 0. The molecular formula is C56H54O8. The normalized spacial score (nSPS) is 10.9. The van der Waals surface area contributed by atoms with E-state index in [1.807, 2.05) is 131 Å². The van der Waals surface area contributed by atoms with Crippen molar-refractivity contribution in [3.63, 3.8) is 0 Å². The van der Waals surface area contributed by atoms with Crippen molar-refractivity contribution in [3.8, 4) is 62.1 Å². The number of ether oxygens (including phenoxy) is 7. The minimum Gasteiger partial charge on any atom is -0.486 e. The summed E-state index contributed by atoms with van der Waals surface area (Å²) < 4.78 is 38.4. The lowest BCUT2D eigenvalue weighted by Gasteiger charge is -2.17. The van der Waals surface area contributed by atoms with Gasteiger partial charge in [-0.25, -0.2) is 4.79 Å². The lowest BCUT2D eigenvalue weighted by Crippen LogP contribution is -2.12. The molecule has 5 aromatic rings. The van der Waals surface area contributed by atoms with E-state index >= 15 is 0 Å². The van der Waals surface area contributed by atoms with Gasteiger partial charge in [-0.05, 0) is 133 Å². The second-order valence-electron chi connectivity index (χ2n) is 14.2. The molecule has 0 heterocycles. The molecule has 0 fully saturated rings. The highest BCUT2D eigenvalue weighted by atomic mass is 16.5. The van der Waals surface area contributed by atoms with Crippen LogP contribution >= 0.6 is 0 Å². The van der Waals surface area contributed by atoms with Gasteiger partial charge in [0.2, 0.25) is 0 Å². The molecular weight excluding hydrogens is 801 g/mol. The highest BCUT2D eigenvalue weighted by molar-refractivity contribution is 5.81. The summed E-state index contributed by atoms with van der Waals surface area (Å²) in [5, 5.41) is 0. The predicted octanol–water partition coefficient (Wildman–Crippen LogP) is 14.8. The van der Waals surface area contributed by atoms with Crippen molar-refractivity contribution < 1.29 is 38.0 Å². The third-order valence-electron chi connectivity index (χ3n) is 9.13. The molecule has 0 radical (unpaired) electrons. The van der Waals surface area contributed by atoms with Crippen molar-refractivity contribution in [1.29, 1.82) is 0 Å². The third kappa shape index (κ3) is 15.3. The molecule has 0 aliphatic carbocycles. The van der Waals surface area contributed by atoms with Crippen LogP contribution in [-0.4, -0.2) is 12.1 Å². The van der Waals surface area contributed by atoms with Crippen LogP contribution in [0.1, 0.15) is 27.7 Å². The van der Waals surface area contributed by atoms with E-state index < -0.39 is 5.97 Å². The molecule has 326 valence electrons. The second kappa shape index (κ2) is 24.3. The van der Waals surface area contributed by atoms with Crippen molar-refractivity contribution in [1.82, 2.24) is 0 Å². The van der Waals surface area contributed by atoms with Gasteiger partial charge in [-0.15, -0.1) is 0 Å². The van der Waals surface area contributed by atoms with Crippen molar-refractivity contribution in [3.05, 3.63) is 239 Å². The molecule has 5 aromatic carbocycles. The van der Waals surface area contributed by atoms with E-state index in [-0.39, 0.29) is 6.10 Å². The third-order valence-corrected chi connectivity index (χ3v) is 9.13. The molecule has 1 unspecified atom stereocenters. The first-order chi connectivity index (χ1) is 30.7. The van der Waals surface area contributed by atoms with Gasteiger partial charge in [0.25, 0.3) is 0 Å². The van der Waals surface area contributed by atoms with Crippen LogP contribution in [0.15, 0.2) is 239 Å². The Morgan fingerprint density at radius 2 is 0.938 bits per heavy atom. The standard InChI is InChI=1S/C33H34O3.C23H20O5/c1-21(2)24(7)34-30-15-10-27(11-16-30)29-14-19-32(33(20-29)36-26(9)23(5)6)28-12-17-31(18-13-28)35-25(8)22(3)4;1-4-18(3)25-14-15-26-21-10-6-19(7-11-21)20-8-12-22(13-9-20)27-16-17-28-23(24)5-2/h10-20,25H,1,3,5,7,9H2,2,4,6,8H3;4-17H,1-3H2/b;15-14-,17-16-. The Morgan fingerprint density at radius 1 is 0.500 bits per heavy atom. The van der Waals surface area contributed by atoms with Crippen LogP contribution in [0.2, 0.25) is 0 Å². The van der Waals surface area contributed by atoms with Crippen LogP contribution in [0.5, 0.6) is 28.7 Å². The summed E-state index contributed by atoms with van der Waals surface area (Å²) in [4.78, 5) is 10.9. The second-order valence-corrected chi connectivity index (χ2v) is 14.2. The number of hydrogen-bond acceptors (Lipinski definition) is 8. The van der Waals surface area contributed by atoms with Crippen LogP contribution < -0.4 is 23.7 Å². The molecule has 64 heavy (non-hydrogen) atoms. The zero-order valence-electron chi connectivity index (χ0n) is 36.9. The molecule has 0 aliphatic rings. The first-order valence-electron chi connectivity index (χ1n) is 20.0. The Hall–Kier alpha value is -8.23. The Morgan fingerprint density at radius 3 is 1.42 bits per heavy atom. The molecule has 8 nitrogen and oxygen atoms in total. The summed E-state index contributed by atoms with van der Waals surface area (Å²) in [6, 6.07) is 37.0. The van der Waals surface area contributed by atoms with E-state index in [2.05, 4.69) is 69.5 Å². The molecule has 1 atom stereocenters. The largest absolute Gasteiger partial charge is 0.486 e. The fourth-order valence-electron chi connectivity index (χ4n) is 5.18. The maximum atomic E-state index is 10.9. The van der Waals surface area contributed by atoms with E-state index in [9.17, 15) is 4.79 Å². The smallest absolute Gasteiger partial charge is 0.335 e. The average Bonchev–Trinajstić information content (AvgIpc) is 3.30. The topological polar surface area (TPSA) is 81.7 Å². The lowest BCUT2D eigenvalue weighted by molar-refractivity contribution is -0.132. The zero-order chi connectivity index (χ0) is 46.6. The van der Waals surface area contributed by atoms with E-state index in [0.717, 1.165) is 68.2 Å². The van der Waals surface area contributed by atoms with E-state index in [0.29, 0.717) is 40.3 Å². The SMILES string of the molecule is C=C(C)C(=C)Oc1ccc(-c2ccc(-c3ccc(OC(C)C(=C)C)cc3)c(OC(=C)C(=C)C)c2)cc1.C=CC(=C)O/C=C\Oc1ccc(-c2ccc(O/C=C\OC(=O)C=C)cc2)cc1. The van der Waals surface area contributed by atoms with Crippen LogP contribution in [0.25, 0.3) is 33.4 Å². The quantitative estimate of drug-likeness (QED) is 0.0237. The number of allylic oxidation sites excluding steroid dienone is 3. The summed E-state index contributed by atoms with van der Waals surface area (Å²) in [6.07, 6.45) is 7.78. The Labute approximate surface area is 377 Å². The highest BCUT2D eigenvalue weighted by Crippen LogP contribution is 2.37. The fourth-order valence-corrected chi connectivity index (χ4v) is 5.18. The fraction of sp³-hybridized carbons (Fsp3) is 0.0893. The summed E-state index contributed by atoms with van der Waals surface area (Å²) in [6.45, 7) is 37.8. The molecule has 0 saturated heterocycles. The van der Waals surface area contributed by atoms with Crippen molar-refractivity contribution in [2.24, 2.45) is 0 Å². The number of hydrogen-bond donors (Lipinski definition) is 0. The van der Waals surface area contributed by atoms with E-state index in [1.165, 1.54) is 24.9 Å².